The van der Waals surface area contributed by atoms with Gasteiger partial charge in [-0.05, 0) is 54.1 Å². The molecule has 0 saturated heterocycles. The number of hydrazone groups is 1. The van der Waals surface area contributed by atoms with Crippen LogP contribution in [0.15, 0.2) is 77.0 Å². The third-order valence-electron chi connectivity index (χ3n) is 5.43. The molecule has 4 rings (SSSR count). The molecule has 0 aliphatic rings. The largest absolute Gasteiger partial charge is 0.493 e. The zero-order chi connectivity index (χ0) is 26.9. The summed E-state index contributed by atoms with van der Waals surface area (Å²) in [7, 11) is 6.29. The molecule has 0 fully saturated rings. The molecule has 0 aliphatic heterocycles. The zero-order valence-electron chi connectivity index (χ0n) is 21.4. The van der Waals surface area contributed by atoms with E-state index < -0.39 is 0 Å². The molecule has 10 nitrogen and oxygen atoms in total. The van der Waals surface area contributed by atoms with E-state index in [2.05, 4.69) is 20.7 Å². The molecule has 4 aromatic rings. The number of carbonyl (C=O) groups excluding carboxylic acids is 1. The Hall–Kier alpha value is -4.51. The summed E-state index contributed by atoms with van der Waals surface area (Å²) in [6.45, 7) is 0. The van der Waals surface area contributed by atoms with Crippen molar-refractivity contribution in [3.63, 3.8) is 0 Å². The molecule has 0 spiro atoms. The molecule has 0 bridgehead atoms. The number of hydrogen-bond acceptors (Lipinski definition) is 9. The first-order chi connectivity index (χ1) is 18.6. The molecular weight excluding hydrogens is 506 g/mol. The van der Waals surface area contributed by atoms with Crippen LogP contribution in [-0.4, -0.2) is 61.1 Å². The Labute approximate surface area is 224 Å². The number of nitrogens with zero attached hydrogens (tertiary/aromatic N) is 4. The van der Waals surface area contributed by atoms with Gasteiger partial charge < -0.3 is 18.9 Å². The van der Waals surface area contributed by atoms with Gasteiger partial charge >= 0.3 is 0 Å². The van der Waals surface area contributed by atoms with Crippen LogP contribution in [0.3, 0.4) is 0 Å². The molecule has 0 radical (unpaired) electrons. The lowest BCUT2D eigenvalue weighted by molar-refractivity contribution is -0.118. The molecule has 11 heteroatoms. The Balaban J connectivity index is 1.51. The minimum atomic E-state index is -0.290. The second-order valence-corrected chi connectivity index (χ2v) is 8.69. The fraction of sp³-hybridized carbons (Fsp3) is 0.185. The van der Waals surface area contributed by atoms with Gasteiger partial charge in [0.15, 0.2) is 34.0 Å². The molecule has 196 valence electrons. The summed E-state index contributed by atoms with van der Waals surface area (Å²) in [4.78, 5) is 12.5. The number of ether oxygens (including phenoxy) is 4. The average Bonchev–Trinajstić information content (AvgIpc) is 3.40. The van der Waals surface area contributed by atoms with Gasteiger partial charge in [-0.25, -0.2) is 5.43 Å². The molecule has 1 aromatic heterocycles. The minimum Gasteiger partial charge on any atom is -0.493 e. The highest BCUT2D eigenvalue weighted by atomic mass is 32.2. The molecular formula is C27H27N5O5S. The maximum Gasteiger partial charge on any atom is 0.250 e. The van der Waals surface area contributed by atoms with E-state index in [1.807, 2.05) is 59.2 Å². The highest BCUT2D eigenvalue weighted by Gasteiger charge is 2.18. The summed E-state index contributed by atoms with van der Waals surface area (Å²) in [5.41, 5.74) is 4.94. The molecule has 3 aromatic carbocycles. The van der Waals surface area contributed by atoms with Gasteiger partial charge in [-0.1, -0.05) is 30.0 Å². The monoisotopic (exact) mass is 533 g/mol. The van der Waals surface area contributed by atoms with Crippen molar-refractivity contribution in [2.24, 2.45) is 5.10 Å². The number of aromatic nitrogens is 3. The van der Waals surface area contributed by atoms with Gasteiger partial charge in [0.05, 0.1) is 40.4 Å². The van der Waals surface area contributed by atoms with Gasteiger partial charge in [0.25, 0.3) is 5.91 Å². The molecule has 0 saturated carbocycles. The van der Waals surface area contributed by atoms with Crippen molar-refractivity contribution in [2.75, 3.05) is 34.2 Å². The van der Waals surface area contributed by atoms with Gasteiger partial charge in [0.1, 0.15) is 0 Å². The number of methoxy groups -OCH3 is 4. The number of amides is 1. The second-order valence-electron chi connectivity index (χ2n) is 7.74. The highest BCUT2D eigenvalue weighted by Crippen LogP contribution is 2.34. The van der Waals surface area contributed by atoms with Gasteiger partial charge in [-0.2, -0.15) is 5.10 Å². The Kier molecular flexibility index (Phi) is 8.83. The van der Waals surface area contributed by atoms with E-state index in [1.54, 1.807) is 40.6 Å². The first-order valence-electron chi connectivity index (χ1n) is 11.5. The third-order valence-corrected chi connectivity index (χ3v) is 6.36. The van der Waals surface area contributed by atoms with Crippen LogP contribution in [0.1, 0.15) is 5.56 Å². The Morgan fingerprint density at radius 3 is 2.21 bits per heavy atom. The average molecular weight is 534 g/mol. The van der Waals surface area contributed by atoms with Crippen molar-refractivity contribution in [3.05, 3.63) is 72.3 Å². The number of hydrogen-bond donors (Lipinski definition) is 1. The van der Waals surface area contributed by atoms with E-state index in [9.17, 15) is 4.79 Å². The van der Waals surface area contributed by atoms with Gasteiger partial charge in [-0.15, -0.1) is 10.2 Å². The van der Waals surface area contributed by atoms with Crippen molar-refractivity contribution in [3.8, 4) is 40.1 Å². The van der Waals surface area contributed by atoms with E-state index in [-0.39, 0.29) is 11.7 Å². The predicted octanol–water partition coefficient (Wildman–Crippen LogP) is 4.21. The summed E-state index contributed by atoms with van der Waals surface area (Å²) >= 11 is 1.25. The number of thioether (sulfide) groups is 1. The normalized spacial score (nSPS) is 10.8. The van der Waals surface area contributed by atoms with Crippen LogP contribution in [0.4, 0.5) is 0 Å². The molecule has 0 unspecified atom stereocenters. The van der Waals surface area contributed by atoms with Gasteiger partial charge in [0.2, 0.25) is 0 Å². The van der Waals surface area contributed by atoms with E-state index in [0.29, 0.717) is 34.0 Å². The number of nitrogens with one attached hydrogen (secondary N) is 1. The molecule has 38 heavy (non-hydrogen) atoms. The lowest BCUT2D eigenvalue weighted by Gasteiger charge is -2.12. The zero-order valence-corrected chi connectivity index (χ0v) is 22.2. The fourth-order valence-electron chi connectivity index (χ4n) is 3.61. The predicted molar refractivity (Wildman–Crippen MR) is 146 cm³/mol. The Morgan fingerprint density at radius 1 is 0.868 bits per heavy atom. The maximum atomic E-state index is 12.5. The number of rotatable bonds is 11. The van der Waals surface area contributed by atoms with E-state index in [0.717, 1.165) is 16.8 Å². The van der Waals surface area contributed by atoms with E-state index in [1.165, 1.54) is 18.0 Å². The first kappa shape index (κ1) is 26.6. The standard InChI is InChI=1S/C27H27N5O5S/c1-34-21-12-10-18(14-23(21)36-3)16-28-29-25(33)17-38-27-31-30-26(32(27)20-8-6-5-7-9-20)19-11-13-22(35-2)24(15-19)37-4/h5-16H,17H2,1-4H3,(H,29,33)/b28-16+. The van der Waals surface area contributed by atoms with Crippen molar-refractivity contribution < 1.29 is 23.7 Å². The lowest BCUT2D eigenvalue weighted by atomic mass is 10.2. The second kappa shape index (κ2) is 12.6. The highest BCUT2D eigenvalue weighted by molar-refractivity contribution is 7.99. The van der Waals surface area contributed by atoms with Gasteiger partial charge in [0, 0.05) is 11.3 Å². The summed E-state index contributed by atoms with van der Waals surface area (Å²) in [6, 6.07) is 20.6. The number of benzene rings is 3. The summed E-state index contributed by atoms with van der Waals surface area (Å²) in [5, 5.41) is 13.4. The maximum absolute atomic E-state index is 12.5. The summed E-state index contributed by atoms with van der Waals surface area (Å²) < 4.78 is 23.2. The summed E-state index contributed by atoms with van der Waals surface area (Å²) in [5.74, 6) is 2.77. The quantitative estimate of drug-likeness (QED) is 0.174. The first-order valence-corrected chi connectivity index (χ1v) is 12.5. The summed E-state index contributed by atoms with van der Waals surface area (Å²) in [6.07, 6.45) is 1.53. The molecule has 0 atom stereocenters. The van der Waals surface area contributed by atoms with Crippen LogP contribution in [-0.2, 0) is 4.79 Å². The van der Waals surface area contributed by atoms with Crippen molar-refractivity contribution in [2.45, 2.75) is 5.16 Å². The van der Waals surface area contributed by atoms with Crippen LogP contribution in [0.5, 0.6) is 23.0 Å². The van der Waals surface area contributed by atoms with Crippen LogP contribution in [0, 0.1) is 0 Å². The Morgan fingerprint density at radius 2 is 1.53 bits per heavy atom. The van der Waals surface area contributed by atoms with Crippen LogP contribution in [0.25, 0.3) is 17.1 Å². The third kappa shape index (κ3) is 6.06. The van der Waals surface area contributed by atoms with Crippen LogP contribution < -0.4 is 24.4 Å². The Bertz CT molecular complexity index is 1420. The van der Waals surface area contributed by atoms with Crippen LogP contribution in [0.2, 0.25) is 0 Å². The molecule has 1 N–H and O–H groups in total. The van der Waals surface area contributed by atoms with Crippen LogP contribution >= 0.6 is 11.8 Å². The van der Waals surface area contributed by atoms with Crippen molar-refractivity contribution in [1.29, 1.82) is 0 Å². The van der Waals surface area contributed by atoms with E-state index >= 15 is 0 Å². The fourth-order valence-corrected chi connectivity index (χ4v) is 4.35. The number of carbonyl (C=O) groups is 1. The van der Waals surface area contributed by atoms with Crippen molar-refractivity contribution in [1.82, 2.24) is 20.2 Å². The molecule has 0 aliphatic carbocycles. The van der Waals surface area contributed by atoms with E-state index in [4.69, 9.17) is 18.9 Å². The molecule has 1 amide bonds. The molecule has 1 heterocycles. The minimum absolute atomic E-state index is 0.0835. The SMILES string of the molecule is COc1ccc(/C=N/NC(=O)CSc2nnc(-c3ccc(OC)c(OC)c3)n2-c2ccccc2)cc1OC. The smallest absolute Gasteiger partial charge is 0.250 e. The van der Waals surface area contributed by atoms with Gasteiger partial charge in [-0.3, -0.25) is 9.36 Å². The topological polar surface area (TPSA) is 109 Å². The van der Waals surface area contributed by atoms with Crippen molar-refractivity contribution >= 4 is 23.9 Å². The lowest BCUT2D eigenvalue weighted by Crippen LogP contribution is -2.20. The number of para-hydroxylation sites is 1.